The molecule has 33 heavy (non-hydrogen) atoms. The predicted molar refractivity (Wildman–Crippen MR) is 131 cm³/mol. The third-order valence-corrected chi connectivity index (χ3v) is 7.25. The number of aryl methyl sites for hydroxylation is 3. The molecule has 0 aliphatic carbocycles. The number of sulfonamides is 1. The smallest absolute Gasteiger partial charge is 0.262 e. The molecule has 6 nitrogen and oxygen atoms in total. The van der Waals surface area contributed by atoms with Crippen LogP contribution in [0.5, 0.6) is 5.75 Å². The van der Waals surface area contributed by atoms with Crippen molar-refractivity contribution in [3.8, 4) is 5.75 Å². The Bertz CT molecular complexity index is 1250. The minimum Gasteiger partial charge on any atom is -0.497 e. The third-order valence-electron chi connectivity index (χ3n) is 5.73. The molecule has 0 fully saturated rings. The summed E-state index contributed by atoms with van der Waals surface area (Å²) >= 11 is 0. The second-order valence-corrected chi connectivity index (χ2v) is 9.74. The monoisotopic (exact) mass is 466 g/mol. The van der Waals surface area contributed by atoms with Crippen LogP contribution in [-0.2, 0) is 10.0 Å². The van der Waals surface area contributed by atoms with Crippen LogP contribution in [0, 0.1) is 20.8 Å². The van der Waals surface area contributed by atoms with Crippen LogP contribution < -0.4 is 14.8 Å². The van der Waals surface area contributed by atoms with Crippen LogP contribution in [0.25, 0.3) is 0 Å². The molecule has 174 valence electrons. The van der Waals surface area contributed by atoms with Crippen LogP contribution in [0.4, 0.5) is 5.69 Å². The highest BCUT2D eigenvalue weighted by atomic mass is 32.2. The van der Waals surface area contributed by atoms with Crippen molar-refractivity contribution in [2.75, 3.05) is 11.8 Å². The van der Waals surface area contributed by atoms with Gasteiger partial charge in [-0.1, -0.05) is 31.2 Å². The molecule has 0 unspecified atom stereocenters. The minimum absolute atomic E-state index is 0.0749. The van der Waals surface area contributed by atoms with Gasteiger partial charge in [-0.3, -0.25) is 9.52 Å². The molecule has 0 aliphatic rings. The average Bonchev–Trinajstić information content (AvgIpc) is 2.79. The van der Waals surface area contributed by atoms with E-state index in [4.69, 9.17) is 4.74 Å². The van der Waals surface area contributed by atoms with Crippen molar-refractivity contribution in [1.29, 1.82) is 0 Å². The number of ether oxygens (including phenoxy) is 1. The zero-order valence-electron chi connectivity index (χ0n) is 19.6. The van der Waals surface area contributed by atoms with Crippen molar-refractivity contribution in [3.63, 3.8) is 0 Å². The van der Waals surface area contributed by atoms with E-state index in [-0.39, 0.29) is 22.4 Å². The zero-order valence-corrected chi connectivity index (χ0v) is 20.4. The van der Waals surface area contributed by atoms with Crippen molar-refractivity contribution in [3.05, 3.63) is 88.5 Å². The number of methoxy groups -OCH3 is 1. The van der Waals surface area contributed by atoms with Crippen LogP contribution in [0.2, 0.25) is 0 Å². The van der Waals surface area contributed by atoms with Gasteiger partial charge in [-0.2, -0.15) is 0 Å². The number of rotatable bonds is 8. The Kier molecular flexibility index (Phi) is 7.43. The van der Waals surface area contributed by atoms with E-state index in [2.05, 4.69) is 10.0 Å². The van der Waals surface area contributed by atoms with Crippen LogP contribution >= 0.6 is 0 Å². The fourth-order valence-corrected chi connectivity index (χ4v) is 4.87. The van der Waals surface area contributed by atoms with Crippen molar-refractivity contribution in [1.82, 2.24) is 5.32 Å². The Morgan fingerprint density at radius 1 is 0.909 bits per heavy atom. The van der Waals surface area contributed by atoms with E-state index in [0.717, 1.165) is 22.4 Å². The first-order valence-electron chi connectivity index (χ1n) is 10.8. The minimum atomic E-state index is -3.87. The van der Waals surface area contributed by atoms with Crippen molar-refractivity contribution >= 4 is 21.6 Å². The lowest BCUT2D eigenvalue weighted by Gasteiger charge is -2.18. The summed E-state index contributed by atoms with van der Waals surface area (Å²) in [6.07, 6.45) is 0.684. The number of carbonyl (C=O) groups is 1. The Morgan fingerprint density at radius 2 is 1.58 bits per heavy atom. The molecule has 0 saturated heterocycles. The first-order valence-corrected chi connectivity index (χ1v) is 12.3. The van der Waals surface area contributed by atoms with Gasteiger partial charge in [0.05, 0.1) is 18.0 Å². The standard InChI is InChI=1S/C26H30N2O4S/c1-6-24(20-10-13-23(32-5)14-11-20)27-26(29)21-9-7-18(3)25(16-21)33(30,31)28-22-12-8-17(2)19(4)15-22/h7-16,24,28H,6H2,1-5H3,(H,27,29)/t24-/m1/s1. The normalized spacial score (nSPS) is 12.2. The highest BCUT2D eigenvalue weighted by Gasteiger charge is 2.21. The Labute approximate surface area is 196 Å². The fraction of sp³-hybridized carbons (Fsp3) is 0.269. The van der Waals surface area contributed by atoms with Gasteiger partial charge < -0.3 is 10.1 Å². The van der Waals surface area contributed by atoms with Gasteiger partial charge in [0, 0.05) is 11.3 Å². The first-order chi connectivity index (χ1) is 15.6. The number of amides is 1. The number of hydrogen-bond donors (Lipinski definition) is 2. The van der Waals surface area contributed by atoms with E-state index in [9.17, 15) is 13.2 Å². The molecule has 3 rings (SSSR count). The molecule has 0 heterocycles. The zero-order chi connectivity index (χ0) is 24.2. The van der Waals surface area contributed by atoms with E-state index in [1.54, 1.807) is 38.3 Å². The molecule has 0 radical (unpaired) electrons. The maximum Gasteiger partial charge on any atom is 0.262 e. The molecule has 0 aliphatic heterocycles. The van der Waals surface area contributed by atoms with Gasteiger partial charge in [0.1, 0.15) is 5.75 Å². The lowest BCUT2D eigenvalue weighted by atomic mass is 10.0. The van der Waals surface area contributed by atoms with Crippen LogP contribution in [0.3, 0.4) is 0 Å². The van der Waals surface area contributed by atoms with Crippen molar-refractivity contribution in [2.45, 2.75) is 45.1 Å². The van der Waals surface area contributed by atoms with E-state index in [1.807, 2.05) is 51.1 Å². The molecule has 1 amide bonds. The van der Waals surface area contributed by atoms with Crippen LogP contribution in [0.1, 0.15) is 52.0 Å². The molecular weight excluding hydrogens is 436 g/mol. The summed E-state index contributed by atoms with van der Waals surface area (Å²) in [5.41, 5.74) is 4.35. The molecule has 7 heteroatoms. The quantitative estimate of drug-likeness (QED) is 0.472. The molecule has 0 spiro atoms. The summed E-state index contributed by atoms with van der Waals surface area (Å²) in [7, 11) is -2.26. The highest BCUT2D eigenvalue weighted by Crippen LogP contribution is 2.24. The number of benzene rings is 3. The number of anilines is 1. The molecule has 3 aromatic carbocycles. The highest BCUT2D eigenvalue weighted by molar-refractivity contribution is 7.92. The van der Waals surface area contributed by atoms with Gasteiger partial charge in [-0.05, 0) is 85.8 Å². The number of hydrogen-bond acceptors (Lipinski definition) is 4. The summed E-state index contributed by atoms with van der Waals surface area (Å²) in [4.78, 5) is 13.1. The average molecular weight is 467 g/mol. The fourth-order valence-electron chi connectivity index (χ4n) is 3.54. The first kappa shape index (κ1) is 24.3. The second-order valence-electron chi connectivity index (χ2n) is 8.09. The van der Waals surface area contributed by atoms with Gasteiger partial charge in [-0.25, -0.2) is 8.42 Å². The summed E-state index contributed by atoms with van der Waals surface area (Å²) in [6, 6.07) is 17.4. The molecule has 0 saturated carbocycles. The maximum atomic E-state index is 13.1. The Morgan fingerprint density at radius 3 is 2.18 bits per heavy atom. The Hall–Kier alpha value is -3.32. The van der Waals surface area contributed by atoms with Gasteiger partial charge in [-0.15, -0.1) is 0 Å². The van der Waals surface area contributed by atoms with Crippen molar-refractivity contribution < 1.29 is 17.9 Å². The second kappa shape index (κ2) is 10.1. The van der Waals surface area contributed by atoms with E-state index < -0.39 is 10.0 Å². The largest absolute Gasteiger partial charge is 0.497 e. The van der Waals surface area contributed by atoms with Gasteiger partial charge in [0.15, 0.2) is 0 Å². The lowest BCUT2D eigenvalue weighted by Crippen LogP contribution is -2.28. The molecular formula is C26H30N2O4S. The van der Waals surface area contributed by atoms with Crippen LogP contribution in [0.15, 0.2) is 65.6 Å². The summed E-state index contributed by atoms with van der Waals surface area (Å²) in [6.45, 7) is 7.59. The molecule has 0 bridgehead atoms. The van der Waals surface area contributed by atoms with Gasteiger partial charge >= 0.3 is 0 Å². The molecule has 1 atom stereocenters. The van der Waals surface area contributed by atoms with Gasteiger partial charge in [0.2, 0.25) is 0 Å². The van der Waals surface area contributed by atoms with Gasteiger partial charge in [0.25, 0.3) is 15.9 Å². The molecule has 2 N–H and O–H groups in total. The SMILES string of the molecule is CC[C@@H](NC(=O)c1ccc(C)c(S(=O)(=O)Nc2ccc(C)c(C)c2)c1)c1ccc(OC)cc1. The topological polar surface area (TPSA) is 84.5 Å². The lowest BCUT2D eigenvalue weighted by molar-refractivity contribution is 0.0935. The Balaban J connectivity index is 1.84. The van der Waals surface area contributed by atoms with Crippen LogP contribution in [-0.4, -0.2) is 21.4 Å². The number of carbonyl (C=O) groups excluding carboxylic acids is 1. The maximum absolute atomic E-state index is 13.1. The predicted octanol–water partition coefficient (Wildman–Crippen LogP) is 5.30. The third kappa shape index (κ3) is 5.73. The summed E-state index contributed by atoms with van der Waals surface area (Å²) in [5.74, 6) is 0.407. The van der Waals surface area contributed by atoms with E-state index >= 15 is 0 Å². The molecule has 0 aromatic heterocycles. The van der Waals surface area contributed by atoms with E-state index in [0.29, 0.717) is 17.7 Å². The molecule has 3 aromatic rings. The van der Waals surface area contributed by atoms with Crippen molar-refractivity contribution in [2.24, 2.45) is 0 Å². The summed E-state index contributed by atoms with van der Waals surface area (Å²) < 4.78 is 34.0. The van der Waals surface area contributed by atoms with E-state index in [1.165, 1.54) is 6.07 Å². The summed E-state index contributed by atoms with van der Waals surface area (Å²) in [5, 5.41) is 3.00. The number of nitrogens with one attached hydrogen (secondary N) is 2.